The van der Waals surface area contributed by atoms with E-state index in [2.05, 4.69) is 0 Å². The minimum atomic E-state index is -0.924. The second kappa shape index (κ2) is 6.55. The van der Waals surface area contributed by atoms with E-state index in [0.29, 0.717) is 17.9 Å². The summed E-state index contributed by atoms with van der Waals surface area (Å²) >= 11 is 0. The molecule has 0 aliphatic heterocycles. The molecule has 0 radical (unpaired) electrons. The van der Waals surface area contributed by atoms with Crippen molar-refractivity contribution < 1.29 is 9.53 Å². The molecule has 0 aliphatic carbocycles. The van der Waals surface area contributed by atoms with Crippen molar-refractivity contribution in [3.8, 4) is 5.75 Å². The topological polar surface area (TPSA) is 29.5 Å². The van der Waals surface area contributed by atoms with Crippen molar-refractivity contribution >= 4 is 5.78 Å². The van der Waals surface area contributed by atoms with Gasteiger partial charge >= 0.3 is 0 Å². The van der Waals surface area contributed by atoms with Gasteiger partial charge in [0.25, 0.3) is 0 Å². The Kier molecular flexibility index (Phi) is 4.76. The normalized spacial score (nSPS) is 13.7. The van der Waals surface area contributed by atoms with Crippen molar-refractivity contribution in [2.75, 3.05) is 20.6 Å². The highest BCUT2D eigenvalue weighted by molar-refractivity contribution is 6.02. The molecule has 0 bridgehead atoms. The van der Waals surface area contributed by atoms with Crippen LogP contribution in [0.4, 0.5) is 0 Å². The Morgan fingerprint density at radius 2 is 1.52 bits per heavy atom. The molecule has 0 N–H and O–H groups in total. The van der Waals surface area contributed by atoms with Gasteiger partial charge in [-0.15, -0.1) is 0 Å². The monoisotopic (exact) mass is 283 g/mol. The van der Waals surface area contributed by atoms with Gasteiger partial charge in [0.2, 0.25) is 5.78 Å². The van der Waals surface area contributed by atoms with Crippen LogP contribution < -0.4 is 4.74 Å². The van der Waals surface area contributed by atoms with Gasteiger partial charge in [-0.25, -0.2) is 0 Å². The Balaban J connectivity index is 2.30. The van der Waals surface area contributed by atoms with Crippen LogP contribution in [0.3, 0.4) is 0 Å². The van der Waals surface area contributed by atoms with Crippen LogP contribution >= 0.6 is 0 Å². The molecule has 2 rings (SSSR count). The fourth-order valence-electron chi connectivity index (χ4n) is 2.40. The van der Waals surface area contributed by atoms with E-state index < -0.39 is 5.60 Å². The third-order valence-electron chi connectivity index (χ3n) is 3.22. The lowest BCUT2D eigenvalue weighted by molar-refractivity contribution is 0.0412. The Labute approximate surface area is 126 Å². The average Bonchev–Trinajstić information content (AvgIpc) is 2.47. The summed E-state index contributed by atoms with van der Waals surface area (Å²) in [4.78, 5) is 14.8. The zero-order chi connectivity index (χ0) is 15.3. The minimum Gasteiger partial charge on any atom is -0.478 e. The van der Waals surface area contributed by atoms with E-state index in [9.17, 15) is 4.79 Å². The van der Waals surface area contributed by atoms with E-state index in [0.717, 1.165) is 0 Å². The van der Waals surface area contributed by atoms with Crippen molar-refractivity contribution in [3.63, 3.8) is 0 Å². The van der Waals surface area contributed by atoms with Gasteiger partial charge in [-0.05, 0) is 33.2 Å². The van der Waals surface area contributed by atoms with Gasteiger partial charge < -0.3 is 9.64 Å². The molecule has 0 aliphatic rings. The summed E-state index contributed by atoms with van der Waals surface area (Å²) in [5.74, 6) is 0.687. The van der Waals surface area contributed by atoms with Gasteiger partial charge in [-0.2, -0.15) is 0 Å². The minimum absolute atomic E-state index is 0.0133. The molecule has 2 aromatic rings. The molecule has 0 amide bonds. The molecular weight excluding hydrogens is 262 g/mol. The predicted molar refractivity (Wildman–Crippen MR) is 84.8 cm³/mol. The number of ketones is 1. The standard InChI is InChI=1S/C18H21NO2/c1-18(14-19(2)3,21-16-12-8-5-9-13-16)17(20)15-10-6-4-7-11-15/h4-13H,14H2,1-3H3/t18-/m0/s1. The molecule has 0 saturated carbocycles. The Hall–Kier alpha value is -2.13. The molecule has 0 heterocycles. The smallest absolute Gasteiger partial charge is 0.207 e. The van der Waals surface area contributed by atoms with Gasteiger partial charge in [0, 0.05) is 12.1 Å². The second-order valence-electron chi connectivity index (χ2n) is 5.58. The van der Waals surface area contributed by atoms with Crippen LogP contribution in [0.1, 0.15) is 17.3 Å². The molecular formula is C18H21NO2. The first-order valence-electron chi connectivity index (χ1n) is 7.00. The third-order valence-corrected chi connectivity index (χ3v) is 3.22. The van der Waals surface area contributed by atoms with Gasteiger partial charge in [-0.3, -0.25) is 4.79 Å². The lowest BCUT2D eigenvalue weighted by Gasteiger charge is -2.32. The van der Waals surface area contributed by atoms with Crippen molar-refractivity contribution in [3.05, 3.63) is 66.2 Å². The van der Waals surface area contributed by atoms with Crippen molar-refractivity contribution in [2.45, 2.75) is 12.5 Å². The van der Waals surface area contributed by atoms with E-state index in [4.69, 9.17) is 4.74 Å². The predicted octanol–water partition coefficient (Wildman–Crippen LogP) is 3.27. The largest absolute Gasteiger partial charge is 0.478 e. The highest BCUT2D eigenvalue weighted by Crippen LogP contribution is 2.23. The van der Waals surface area contributed by atoms with Gasteiger partial charge in [0.05, 0.1) is 0 Å². The van der Waals surface area contributed by atoms with E-state index >= 15 is 0 Å². The quantitative estimate of drug-likeness (QED) is 0.762. The Morgan fingerprint density at radius 1 is 1.00 bits per heavy atom. The number of nitrogens with zero attached hydrogens (tertiary/aromatic N) is 1. The van der Waals surface area contributed by atoms with Gasteiger partial charge in [-0.1, -0.05) is 48.5 Å². The molecule has 110 valence electrons. The summed E-state index contributed by atoms with van der Waals surface area (Å²) in [6, 6.07) is 18.7. The van der Waals surface area contributed by atoms with Gasteiger partial charge in [0.15, 0.2) is 5.60 Å². The summed E-state index contributed by atoms with van der Waals surface area (Å²) in [6.45, 7) is 2.35. The van der Waals surface area contributed by atoms with Crippen LogP contribution in [0.25, 0.3) is 0 Å². The number of para-hydroxylation sites is 1. The molecule has 3 heteroatoms. The first-order valence-corrected chi connectivity index (χ1v) is 7.00. The fraction of sp³-hybridized carbons (Fsp3) is 0.278. The molecule has 0 aromatic heterocycles. The van der Waals surface area contributed by atoms with Crippen molar-refractivity contribution in [2.24, 2.45) is 0 Å². The van der Waals surface area contributed by atoms with Crippen LogP contribution in [0.2, 0.25) is 0 Å². The van der Waals surface area contributed by atoms with Crippen LogP contribution in [-0.4, -0.2) is 36.9 Å². The molecule has 2 aromatic carbocycles. The number of carbonyl (C=O) groups excluding carboxylic acids is 1. The first kappa shape index (κ1) is 15.3. The molecule has 1 atom stereocenters. The van der Waals surface area contributed by atoms with Crippen molar-refractivity contribution in [1.29, 1.82) is 0 Å². The average molecular weight is 283 g/mol. The van der Waals surface area contributed by atoms with Gasteiger partial charge in [0.1, 0.15) is 5.75 Å². The van der Waals surface area contributed by atoms with E-state index in [1.54, 1.807) is 0 Å². The Morgan fingerprint density at radius 3 is 2.05 bits per heavy atom. The fourth-order valence-corrected chi connectivity index (χ4v) is 2.40. The summed E-state index contributed by atoms with van der Waals surface area (Å²) in [5.41, 5.74) is -0.260. The highest BCUT2D eigenvalue weighted by atomic mass is 16.5. The lowest BCUT2D eigenvalue weighted by atomic mass is 9.94. The second-order valence-corrected chi connectivity index (χ2v) is 5.58. The van der Waals surface area contributed by atoms with Crippen LogP contribution in [0.5, 0.6) is 5.75 Å². The zero-order valence-corrected chi connectivity index (χ0v) is 12.7. The zero-order valence-electron chi connectivity index (χ0n) is 12.7. The van der Waals surface area contributed by atoms with E-state index in [-0.39, 0.29) is 5.78 Å². The number of hydrogen-bond donors (Lipinski definition) is 0. The molecule has 0 fully saturated rings. The van der Waals surface area contributed by atoms with Crippen LogP contribution in [0, 0.1) is 0 Å². The number of carbonyl (C=O) groups is 1. The maximum atomic E-state index is 12.9. The summed E-state index contributed by atoms with van der Waals surface area (Å²) in [5, 5.41) is 0. The maximum Gasteiger partial charge on any atom is 0.207 e. The number of rotatable bonds is 6. The molecule has 21 heavy (non-hydrogen) atoms. The number of likely N-dealkylation sites (N-methyl/N-ethyl adjacent to an activating group) is 1. The number of hydrogen-bond acceptors (Lipinski definition) is 3. The van der Waals surface area contributed by atoms with Crippen molar-refractivity contribution in [1.82, 2.24) is 4.90 Å². The number of ether oxygens (including phenoxy) is 1. The van der Waals surface area contributed by atoms with Crippen LogP contribution in [0.15, 0.2) is 60.7 Å². The molecule has 0 saturated heterocycles. The number of benzene rings is 2. The molecule has 0 spiro atoms. The molecule has 3 nitrogen and oxygen atoms in total. The summed E-state index contributed by atoms with van der Waals surface area (Å²) in [7, 11) is 3.87. The summed E-state index contributed by atoms with van der Waals surface area (Å²) in [6.07, 6.45) is 0. The SMILES string of the molecule is CN(C)C[C@](C)(Oc1ccccc1)C(=O)c1ccccc1. The lowest BCUT2D eigenvalue weighted by Crippen LogP contribution is -2.49. The highest BCUT2D eigenvalue weighted by Gasteiger charge is 2.36. The summed E-state index contributed by atoms with van der Waals surface area (Å²) < 4.78 is 6.04. The number of Topliss-reactive ketones (excluding diaryl/α,β-unsaturated/α-hetero) is 1. The first-order chi connectivity index (χ1) is 10.0. The third kappa shape index (κ3) is 3.92. The molecule has 0 unspecified atom stereocenters. The van der Waals surface area contributed by atoms with Crippen LogP contribution in [-0.2, 0) is 0 Å². The van der Waals surface area contributed by atoms with E-state index in [1.807, 2.05) is 86.6 Å². The maximum absolute atomic E-state index is 12.9. The Bertz CT molecular complexity index is 581. The van der Waals surface area contributed by atoms with E-state index in [1.165, 1.54) is 0 Å².